The molecule has 0 aliphatic carbocycles. The summed E-state index contributed by atoms with van der Waals surface area (Å²) in [5.74, 6) is -1.49. The van der Waals surface area contributed by atoms with Crippen molar-refractivity contribution in [1.82, 2.24) is 5.32 Å². The second-order valence-corrected chi connectivity index (χ2v) is 3.63. The fourth-order valence-electron chi connectivity index (χ4n) is 1.44. The van der Waals surface area contributed by atoms with Gasteiger partial charge in [-0.25, -0.2) is 0 Å². The summed E-state index contributed by atoms with van der Waals surface area (Å²) in [6.07, 6.45) is 1.41. The highest BCUT2D eigenvalue weighted by molar-refractivity contribution is 5.86. The lowest BCUT2D eigenvalue weighted by Crippen LogP contribution is -2.48. The summed E-state index contributed by atoms with van der Waals surface area (Å²) >= 11 is 0. The Morgan fingerprint density at radius 2 is 2.33 bits per heavy atom. The molecule has 2 unspecified atom stereocenters. The number of nitrogens with one attached hydrogen (secondary N) is 1. The van der Waals surface area contributed by atoms with Crippen LogP contribution in [-0.2, 0) is 14.3 Å². The number of nitrogens with two attached hydrogens (primary N) is 1. The Balaban J connectivity index is 2.30. The second kappa shape index (κ2) is 5.67. The molecule has 1 fully saturated rings. The van der Waals surface area contributed by atoms with E-state index in [0.717, 1.165) is 12.8 Å². The lowest BCUT2D eigenvalue weighted by atomic mass is 10.1. The number of carbonyl (C=O) groups excluding carboxylic acids is 1. The zero-order chi connectivity index (χ0) is 11.3. The highest BCUT2D eigenvalue weighted by atomic mass is 16.5. The summed E-state index contributed by atoms with van der Waals surface area (Å²) in [6, 6.07) is -1.02. The first kappa shape index (κ1) is 11.9. The summed E-state index contributed by atoms with van der Waals surface area (Å²) in [4.78, 5) is 21.7. The fourth-order valence-corrected chi connectivity index (χ4v) is 1.44. The van der Waals surface area contributed by atoms with E-state index >= 15 is 0 Å². The zero-order valence-corrected chi connectivity index (χ0v) is 8.44. The molecule has 1 amide bonds. The Morgan fingerprint density at radius 1 is 1.60 bits per heavy atom. The van der Waals surface area contributed by atoms with Crippen LogP contribution in [0.2, 0.25) is 0 Å². The van der Waals surface area contributed by atoms with Gasteiger partial charge in [0.2, 0.25) is 5.91 Å². The zero-order valence-electron chi connectivity index (χ0n) is 8.44. The summed E-state index contributed by atoms with van der Waals surface area (Å²) in [6.45, 7) is 1.19. The third-order valence-corrected chi connectivity index (χ3v) is 2.24. The van der Waals surface area contributed by atoms with Gasteiger partial charge >= 0.3 is 5.97 Å². The van der Waals surface area contributed by atoms with Crippen molar-refractivity contribution in [2.45, 2.75) is 31.3 Å². The SMILES string of the molecule is NC(CC(=O)O)C(=O)NC1CCCOC1. The molecular formula is C9H16N2O4. The van der Waals surface area contributed by atoms with Gasteiger partial charge in [-0.2, -0.15) is 0 Å². The normalized spacial score (nSPS) is 23.1. The Kier molecular flexibility index (Phi) is 4.51. The predicted molar refractivity (Wildman–Crippen MR) is 52.2 cm³/mol. The van der Waals surface area contributed by atoms with Crippen molar-refractivity contribution in [1.29, 1.82) is 0 Å². The molecule has 6 heteroatoms. The van der Waals surface area contributed by atoms with Crippen LogP contribution in [0.15, 0.2) is 0 Å². The minimum Gasteiger partial charge on any atom is -0.481 e. The molecule has 0 spiro atoms. The van der Waals surface area contributed by atoms with E-state index in [-0.39, 0.29) is 12.5 Å². The van der Waals surface area contributed by atoms with E-state index in [9.17, 15) is 9.59 Å². The maximum absolute atomic E-state index is 11.4. The average Bonchev–Trinajstić information content (AvgIpc) is 2.18. The smallest absolute Gasteiger partial charge is 0.305 e. The summed E-state index contributed by atoms with van der Waals surface area (Å²) in [7, 11) is 0. The Bertz CT molecular complexity index is 238. The van der Waals surface area contributed by atoms with Crippen molar-refractivity contribution < 1.29 is 19.4 Å². The van der Waals surface area contributed by atoms with Crippen molar-refractivity contribution in [2.75, 3.05) is 13.2 Å². The highest BCUT2D eigenvalue weighted by Crippen LogP contribution is 2.05. The summed E-state index contributed by atoms with van der Waals surface area (Å²) < 4.78 is 5.17. The third-order valence-electron chi connectivity index (χ3n) is 2.24. The molecule has 0 aromatic heterocycles. The largest absolute Gasteiger partial charge is 0.481 e. The van der Waals surface area contributed by atoms with Crippen molar-refractivity contribution in [3.05, 3.63) is 0 Å². The van der Waals surface area contributed by atoms with Gasteiger partial charge in [0.05, 0.1) is 25.1 Å². The fraction of sp³-hybridized carbons (Fsp3) is 0.778. The molecule has 1 aliphatic heterocycles. The Hall–Kier alpha value is -1.14. The van der Waals surface area contributed by atoms with Crippen LogP contribution in [0, 0.1) is 0 Å². The third kappa shape index (κ3) is 4.26. The number of carboxylic acids is 1. The van der Waals surface area contributed by atoms with E-state index in [2.05, 4.69) is 5.32 Å². The lowest BCUT2D eigenvalue weighted by molar-refractivity contribution is -0.139. The van der Waals surface area contributed by atoms with Crippen LogP contribution >= 0.6 is 0 Å². The average molecular weight is 216 g/mol. The van der Waals surface area contributed by atoms with Gasteiger partial charge in [-0.3, -0.25) is 9.59 Å². The van der Waals surface area contributed by atoms with E-state index in [1.807, 2.05) is 0 Å². The number of ether oxygens (including phenoxy) is 1. The lowest BCUT2D eigenvalue weighted by Gasteiger charge is -2.24. The number of hydrogen-bond acceptors (Lipinski definition) is 4. The van der Waals surface area contributed by atoms with Gasteiger partial charge in [-0.15, -0.1) is 0 Å². The minimum atomic E-state index is -1.07. The van der Waals surface area contributed by atoms with E-state index in [4.69, 9.17) is 15.6 Å². The minimum absolute atomic E-state index is 0.0360. The number of hydrogen-bond donors (Lipinski definition) is 3. The van der Waals surface area contributed by atoms with Crippen LogP contribution in [0.1, 0.15) is 19.3 Å². The van der Waals surface area contributed by atoms with Gasteiger partial charge in [0.15, 0.2) is 0 Å². The topological polar surface area (TPSA) is 102 Å². The Labute approximate surface area is 87.8 Å². The second-order valence-electron chi connectivity index (χ2n) is 3.63. The summed E-state index contributed by atoms with van der Waals surface area (Å²) in [5.41, 5.74) is 5.40. The van der Waals surface area contributed by atoms with Crippen LogP contribution in [0.5, 0.6) is 0 Å². The van der Waals surface area contributed by atoms with E-state index in [0.29, 0.717) is 13.2 Å². The van der Waals surface area contributed by atoms with Crippen molar-refractivity contribution in [3.63, 3.8) is 0 Å². The molecule has 15 heavy (non-hydrogen) atoms. The maximum Gasteiger partial charge on any atom is 0.305 e. The van der Waals surface area contributed by atoms with Crippen molar-refractivity contribution in [2.24, 2.45) is 5.73 Å². The molecule has 0 radical (unpaired) electrons. The standard InChI is InChI=1S/C9H16N2O4/c10-7(4-8(12)13)9(14)11-6-2-1-3-15-5-6/h6-7H,1-5,10H2,(H,11,14)(H,12,13). The molecule has 86 valence electrons. The van der Waals surface area contributed by atoms with Gasteiger partial charge < -0.3 is 20.9 Å². The van der Waals surface area contributed by atoms with Crippen LogP contribution in [0.3, 0.4) is 0 Å². The van der Waals surface area contributed by atoms with E-state index in [1.54, 1.807) is 0 Å². The van der Waals surface area contributed by atoms with E-state index < -0.39 is 17.9 Å². The molecule has 0 saturated carbocycles. The number of rotatable bonds is 4. The van der Waals surface area contributed by atoms with Gasteiger partial charge in [0.1, 0.15) is 0 Å². The van der Waals surface area contributed by atoms with Gasteiger partial charge in [0, 0.05) is 6.61 Å². The number of amides is 1. The molecule has 1 heterocycles. The quantitative estimate of drug-likeness (QED) is 0.564. The van der Waals surface area contributed by atoms with Crippen LogP contribution in [-0.4, -0.2) is 42.3 Å². The first-order valence-electron chi connectivity index (χ1n) is 4.95. The first-order valence-corrected chi connectivity index (χ1v) is 4.95. The molecule has 1 saturated heterocycles. The molecule has 0 bridgehead atoms. The van der Waals surface area contributed by atoms with Gasteiger partial charge in [0.25, 0.3) is 0 Å². The maximum atomic E-state index is 11.4. The van der Waals surface area contributed by atoms with Gasteiger partial charge in [-0.1, -0.05) is 0 Å². The van der Waals surface area contributed by atoms with Crippen LogP contribution in [0.4, 0.5) is 0 Å². The molecule has 6 nitrogen and oxygen atoms in total. The molecule has 4 N–H and O–H groups in total. The van der Waals surface area contributed by atoms with Crippen molar-refractivity contribution >= 4 is 11.9 Å². The molecule has 1 rings (SSSR count). The Morgan fingerprint density at radius 3 is 2.87 bits per heavy atom. The van der Waals surface area contributed by atoms with Crippen LogP contribution < -0.4 is 11.1 Å². The van der Waals surface area contributed by atoms with E-state index in [1.165, 1.54) is 0 Å². The monoisotopic (exact) mass is 216 g/mol. The molecule has 2 atom stereocenters. The molecular weight excluding hydrogens is 200 g/mol. The number of aliphatic carboxylic acids is 1. The highest BCUT2D eigenvalue weighted by Gasteiger charge is 2.21. The van der Waals surface area contributed by atoms with Crippen LogP contribution in [0.25, 0.3) is 0 Å². The summed E-state index contributed by atoms with van der Waals surface area (Å²) in [5, 5.41) is 11.1. The predicted octanol–water partition coefficient (Wildman–Crippen LogP) is -0.916. The van der Waals surface area contributed by atoms with Gasteiger partial charge in [-0.05, 0) is 12.8 Å². The number of carbonyl (C=O) groups is 2. The number of carboxylic acid groups (broad SMARTS) is 1. The molecule has 0 aromatic carbocycles. The van der Waals surface area contributed by atoms with Crippen molar-refractivity contribution in [3.8, 4) is 0 Å². The molecule has 0 aromatic rings. The first-order chi connectivity index (χ1) is 7.09. The molecule has 1 aliphatic rings.